The number of rotatable bonds is 6. The Morgan fingerprint density at radius 2 is 1.74 bits per heavy atom. The molecule has 1 heterocycles. The minimum absolute atomic E-state index is 0.0648. The van der Waals surface area contributed by atoms with E-state index in [9.17, 15) is 12.8 Å². The third-order valence-corrected chi connectivity index (χ3v) is 5.19. The van der Waals surface area contributed by atoms with E-state index in [1.807, 2.05) is 0 Å². The SMILES string of the molecule is COc1ccc(S(=O)(=O)Nc2ccc(Nc3cccc(F)c3)nn2)c(C)c1. The van der Waals surface area contributed by atoms with E-state index in [-0.39, 0.29) is 16.5 Å². The zero-order chi connectivity index (χ0) is 19.4. The smallest absolute Gasteiger partial charge is 0.263 e. The van der Waals surface area contributed by atoms with Crippen LogP contribution in [0.2, 0.25) is 0 Å². The molecule has 2 aromatic carbocycles. The normalized spacial score (nSPS) is 11.1. The molecule has 2 N–H and O–H groups in total. The predicted octanol–water partition coefficient (Wildman–Crippen LogP) is 3.48. The molecule has 3 aromatic rings. The molecular formula is C18H17FN4O3S. The van der Waals surface area contributed by atoms with Crippen molar-refractivity contribution in [3.8, 4) is 5.75 Å². The Morgan fingerprint density at radius 1 is 1.00 bits per heavy atom. The van der Waals surface area contributed by atoms with Crippen molar-refractivity contribution in [3.63, 3.8) is 0 Å². The zero-order valence-corrected chi connectivity index (χ0v) is 15.4. The van der Waals surface area contributed by atoms with E-state index in [2.05, 4.69) is 20.2 Å². The van der Waals surface area contributed by atoms with Crippen LogP contribution in [0.15, 0.2) is 59.5 Å². The first-order chi connectivity index (χ1) is 12.9. The van der Waals surface area contributed by atoms with Crippen LogP contribution in [0.3, 0.4) is 0 Å². The molecular weight excluding hydrogens is 371 g/mol. The van der Waals surface area contributed by atoms with Crippen molar-refractivity contribution in [1.82, 2.24) is 10.2 Å². The topological polar surface area (TPSA) is 93.2 Å². The first-order valence-corrected chi connectivity index (χ1v) is 9.39. The molecule has 0 atom stereocenters. The molecule has 0 unspecified atom stereocenters. The van der Waals surface area contributed by atoms with Crippen molar-refractivity contribution >= 4 is 27.3 Å². The number of aryl methyl sites for hydroxylation is 1. The number of aromatic nitrogens is 2. The summed E-state index contributed by atoms with van der Waals surface area (Å²) in [5.74, 6) is 0.602. The van der Waals surface area contributed by atoms with Crippen LogP contribution >= 0.6 is 0 Å². The van der Waals surface area contributed by atoms with E-state index in [4.69, 9.17) is 4.74 Å². The second kappa shape index (κ2) is 7.58. The highest BCUT2D eigenvalue weighted by molar-refractivity contribution is 7.92. The van der Waals surface area contributed by atoms with Crippen LogP contribution in [0.25, 0.3) is 0 Å². The second-order valence-electron chi connectivity index (χ2n) is 5.68. The number of benzene rings is 2. The molecule has 0 aliphatic carbocycles. The summed E-state index contributed by atoms with van der Waals surface area (Å²) < 4.78 is 45.8. The Morgan fingerprint density at radius 3 is 2.37 bits per heavy atom. The highest BCUT2D eigenvalue weighted by atomic mass is 32.2. The van der Waals surface area contributed by atoms with Crippen LogP contribution in [0.1, 0.15) is 5.56 Å². The van der Waals surface area contributed by atoms with Gasteiger partial charge >= 0.3 is 0 Å². The predicted molar refractivity (Wildman–Crippen MR) is 100 cm³/mol. The Balaban J connectivity index is 1.75. The molecule has 0 radical (unpaired) electrons. The first-order valence-electron chi connectivity index (χ1n) is 7.91. The van der Waals surface area contributed by atoms with Crippen molar-refractivity contribution in [3.05, 3.63) is 66.0 Å². The van der Waals surface area contributed by atoms with Gasteiger partial charge in [0.2, 0.25) is 0 Å². The maximum atomic E-state index is 13.2. The summed E-state index contributed by atoms with van der Waals surface area (Å²) in [5.41, 5.74) is 1.05. The van der Waals surface area contributed by atoms with Gasteiger partial charge in [0, 0.05) is 5.69 Å². The summed E-state index contributed by atoms with van der Waals surface area (Å²) in [6, 6.07) is 13.5. The minimum Gasteiger partial charge on any atom is -0.497 e. The Labute approximate surface area is 156 Å². The summed E-state index contributed by atoms with van der Waals surface area (Å²) in [6.07, 6.45) is 0. The van der Waals surface area contributed by atoms with Crippen molar-refractivity contribution in [2.75, 3.05) is 17.1 Å². The van der Waals surface area contributed by atoms with E-state index in [0.29, 0.717) is 22.8 Å². The number of halogens is 1. The molecule has 0 amide bonds. The lowest BCUT2D eigenvalue weighted by Crippen LogP contribution is -2.15. The van der Waals surface area contributed by atoms with Gasteiger partial charge in [-0.1, -0.05) is 6.07 Å². The largest absolute Gasteiger partial charge is 0.497 e. The number of methoxy groups -OCH3 is 1. The molecule has 1 aromatic heterocycles. The van der Waals surface area contributed by atoms with Crippen LogP contribution in [0.5, 0.6) is 5.75 Å². The van der Waals surface area contributed by atoms with Gasteiger partial charge in [0.1, 0.15) is 11.6 Å². The van der Waals surface area contributed by atoms with Gasteiger partial charge in [-0.15, -0.1) is 10.2 Å². The lowest BCUT2D eigenvalue weighted by molar-refractivity contribution is 0.414. The molecule has 0 fully saturated rings. The fourth-order valence-corrected chi connectivity index (χ4v) is 3.63. The van der Waals surface area contributed by atoms with Gasteiger partial charge in [0.05, 0.1) is 12.0 Å². The third kappa shape index (κ3) is 4.50. The summed E-state index contributed by atoms with van der Waals surface area (Å²) in [7, 11) is -2.31. The lowest BCUT2D eigenvalue weighted by Gasteiger charge is -2.11. The van der Waals surface area contributed by atoms with Crippen LogP contribution in [-0.2, 0) is 10.0 Å². The molecule has 0 bridgehead atoms. The van der Waals surface area contributed by atoms with Gasteiger partial charge in [-0.2, -0.15) is 0 Å². The average Bonchev–Trinajstić information content (AvgIpc) is 2.63. The van der Waals surface area contributed by atoms with Gasteiger partial charge in [-0.25, -0.2) is 12.8 Å². The van der Waals surface area contributed by atoms with Crippen molar-refractivity contribution in [1.29, 1.82) is 0 Å². The molecule has 0 spiro atoms. The van der Waals surface area contributed by atoms with E-state index in [0.717, 1.165) is 0 Å². The molecule has 0 saturated carbocycles. The second-order valence-corrected chi connectivity index (χ2v) is 7.33. The van der Waals surface area contributed by atoms with Gasteiger partial charge < -0.3 is 10.1 Å². The molecule has 140 valence electrons. The molecule has 0 aliphatic heterocycles. The van der Waals surface area contributed by atoms with Crippen LogP contribution in [0.4, 0.5) is 21.7 Å². The first kappa shape index (κ1) is 18.6. The molecule has 7 nitrogen and oxygen atoms in total. The highest BCUT2D eigenvalue weighted by Gasteiger charge is 2.18. The van der Waals surface area contributed by atoms with Gasteiger partial charge in [0.25, 0.3) is 10.0 Å². The molecule has 27 heavy (non-hydrogen) atoms. The van der Waals surface area contributed by atoms with Gasteiger partial charge in [-0.3, -0.25) is 4.72 Å². The molecule has 3 rings (SSSR count). The summed E-state index contributed by atoms with van der Waals surface area (Å²) in [4.78, 5) is 0.118. The lowest BCUT2D eigenvalue weighted by atomic mass is 10.2. The monoisotopic (exact) mass is 388 g/mol. The fourth-order valence-electron chi connectivity index (χ4n) is 2.41. The number of nitrogens with one attached hydrogen (secondary N) is 2. The molecule has 0 aliphatic rings. The van der Waals surface area contributed by atoms with E-state index < -0.39 is 10.0 Å². The van der Waals surface area contributed by atoms with Gasteiger partial charge in [-0.05, 0) is 61.0 Å². The summed E-state index contributed by atoms with van der Waals surface area (Å²) in [5, 5.41) is 10.6. The Hall–Kier alpha value is -3.20. The van der Waals surface area contributed by atoms with Crippen molar-refractivity contribution < 1.29 is 17.5 Å². The molecule has 9 heteroatoms. The third-order valence-electron chi connectivity index (χ3n) is 3.67. The number of sulfonamides is 1. The van der Waals surface area contributed by atoms with E-state index in [1.165, 1.54) is 37.4 Å². The van der Waals surface area contributed by atoms with Crippen LogP contribution < -0.4 is 14.8 Å². The maximum absolute atomic E-state index is 13.2. The summed E-state index contributed by atoms with van der Waals surface area (Å²) in [6.45, 7) is 1.68. The molecule has 0 saturated heterocycles. The van der Waals surface area contributed by atoms with Crippen LogP contribution in [-0.4, -0.2) is 25.7 Å². The van der Waals surface area contributed by atoms with E-state index in [1.54, 1.807) is 31.2 Å². The van der Waals surface area contributed by atoms with Crippen molar-refractivity contribution in [2.24, 2.45) is 0 Å². The van der Waals surface area contributed by atoms with Crippen LogP contribution in [0, 0.1) is 12.7 Å². The number of hydrogen-bond donors (Lipinski definition) is 2. The average molecular weight is 388 g/mol. The summed E-state index contributed by atoms with van der Waals surface area (Å²) >= 11 is 0. The number of hydrogen-bond acceptors (Lipinski definition) is 6. The van der Waals surface area contributed by atoms with E-state index >= 15 is 0 Å². The van der Waals surface area contributed by atoms with Crippen molar-refractivity contribution in [2.45, 2.75) is 11.8 Å². The quantitative estimate of drug-likeness (QED) is 0.672. The number of anilines is 3. The fraction of sp³-hybridized carbons (Fsp3) is 0.111. The standard InChI is InChI=1S/C18H17FN4O3S/c1-12-10-15(26-2)6-7-16(12)27(24,25)23-18-9-8-17(21-22-18)20-14-5-3-4-13(19)11-14/h3-11H,1-2H3,(H,20,21)(H,22,23). The highest BCUT2D eigenvalue weighted by Crippen LogP contribution is 2.23. The number of nitrogens with zero attached hydrogens (tertiary/aromatic N) is 2. The Bertz CT molecular complexity index is 1060. The van der Waals surface area contributed by atoms with Gasteiger partial charge in [0.15, 0.2) is 11.6 Å². The minimum atomic E-state index is -3.82. The Kier molecular flexibility index (Phi) is 5.22. The zero-order valence-electron chi connectivity index (χ0n) is 14.6. The number of ether oxygens (including phenoxy) is 1. The maximum Gasteiger partial charge on any atom is 0.263 e.